The van der Waals surface area contributed by atoms with Crippen molar-refractivity contribution in [1.29, 1.82) is 0 Å². The molecule has 0 spiro atoms. The summed E-state index contributed by atoms with van der Waals surface area (Å²) in [6.45, 7) is 3.05. The molecule has 0 radical (unpaired) electrons. The summed E-state index contributed by atoms with van der Waals surface area (Å²) in [5.74, 6) is -0.392. The molecular weight excluding hydrogens is 186 g/mol. The molecule has 0 aliphatic rings. The second-order valence-electron chi connectivity index (χ2n) is 3.53. The predicted molar refractivity (Wildman–Crippen MR) is 51.2 cm³/mol. The lowest BCUT2D eigenvalue weighted by atomic mass is 9.90. The van der Waals surface area contributed by atoms with Crippen LogP contribution in [-0.2, 0) is 5.60 Å². The van der Waals surface area contributed by atoms with Gasteiger partial charge in [0, 0.05) is 0 Å². The highest BCUT2D eigenvalue weighted by Gasteiger charge is 2.32. The normalized spacial score (nSPS) is 17.5. The van der Waals surface area contributed by atoms with Crippen molar-refractivity contribution < 1.29 is 13.9 Å². The van der Waals surface area contributed by atoms with Crippen LogP contribution in [0.15, 0.2) is 24.3 Å². The van der Waals surface area contributed by atoms with Crippen molar-refractivity contribution in [3.8, 4) is 0 Å². The quantitative estimate of drug-likeness (QED) is 0.795. The van der Waals surface area contributed by atoms with E-state index >= 15 is 0 Å². The van der Waals surface area contributed by atoms with Crippen LogP contribution in [0.2, 0.25) is 0 Å². The summed E-state index contributed by atoms with van der Waals surface area (Å²) in [5.41, 5.74) is -1.14. The summed E-state index contributed by atoms with van der Waals surface area (Å²) < 4.78 is 25.9. The molecule has 3 heteroatoms. The van der Waals surface area contributed by atoms with Crippen molar-refractivity contribution >= 4 is 0 Å². The van der Waals surface area contributed by atoms with Gasteiger partial charge in [-0.25, -0.2) is 8.78 Å². The van der Waals surface area contributed by atoms with Crippen LogP contribution in [-0.4, -0.2) is 11.3 Å². The van der Waals surface area contributed by atoms with Crippen molar-refractivity contribution in [2.24, 2.45) is 0 Å². The molecule has 78 valence electrons. The van der Waals surface area contributed by atoms with E-state index in [-0.39, 0.29) is 6.42 Å². The van der Waals surface area contributed by atoms with E-state index in [1.165, 1.54) is 31.2 Å². The Kier molecular flexibility index (Phi) is 3.21. The smallest absolute Gasteiger partial charge is 0.132 e. The van der Waals surface area contributed by atoms with Crippen molar-refractivity contribution in [1.82, 2.24) is 0 Å². The molecule has 14 heavy (non-hydrogen) atoms. The molecule has 1 N–H and O–H groups in total. The zero-order valence-electron chi connectivity index (χ0n) is 8.30. The fourth-order valence-electron chi connectivity index (χ4n) is 1.37. The van der Waals surface area contributed by atoms with E-state index in [0.717, 1.165) is 0 Å². The van der Waals surface area contributed by atoms with Gasteiger partial charge in [0.15, 0.2) is 0 Å². The number of hydrogen-bond acceptors (Lipinski definition) is 1. The highest BCUT2D eigenvalue weighted by molar-refractivity contribution is 5.23. The molecule has 0 bridgehead atoms. The van der Waals surface area contributed by atoms with Gasteiger partial charge >= 0.3 is 0 Å². The molecule has 1 nitrogen and oxygen atoms in total. The minimum Gasteiger partial charge on any atom is -0.382 e. The molecular formula is C11H14F2O. The van der Waals surface area contributed by atoms with E-state index in [0.29, 0.717) is 5.56 Å². The van der Waals surface area contributed by atoms with E-state index < -0.39 is 17.6 Å². The number of alkyl halides is 1. The molecule has 0 heterocycles. The van der Waals surface area contributed by atoms with E-state index in [1.807, 2.05) is 0 Å². The second-order valence-corrected chi connectivity index (χ2v) is 3.53. The van der Waals surface area contributed by atoms with Gasteiger partial charge < -0.3 is 5.11 Å². The Labute approximate surface area is 82.4 Å². The fourth-order valence-corrected chi connectivity index (χ4v) is 1.37. The Morgan fingerprint density at radius 2 is 1.86 bits per heavy atom. The Morgan fingerprint density at radius 1 is 1.36 bits per heavy atom. The van der Waals surface area contributed by atoms with Crippen molar-refractivity contribution in [2.45, 2.75) is 32.0 Å². The van der Waals surface area contributed by atoms with Crippen LogP contribution >= 0.6 is 0 Å². The summed E-state index contributed by atoms with van der Waals surface area (Å²) in [6.07, 6.45) is -1.11. The van der Waals surface area contributed by atoms with E-state index in [2.05, 4.69) is 0 Å². The van der Waals surface area contributed by atoms with Gasteiger partial charge in [-0.05, 0) is 31.0 Å². The van der Waals surface area contributed by atoms with Crippen LogP contribution < -0.4 is 0 Å². The molecule has 2 unspecified atom stereocenters. The molecule has 1 aromatic carbocycles. The van der Waals surface area contributed by atoms with Gasteiger partial charge in [-0.3, -0.25) is 0 Å². The van der Waals surface area contributed by atoms with Gasteiger partial charge in [0.05, 0.1) is 0 Å². The fraction of sp³-hybridized carbons (Fsp3) is 0.455. The molecule has 1 aromatic rings. The summed E-state index contributed by atoms with van der Waals surface area (Å²) in [5, 5.41) is 9.85. The first-order chi connectivity index (χ1) is 6.48. The second kappa shape index (κ2) is 4.05. The average Bonchev–Trinajstić information content (AvgIpc) is 2.17. The standard InChI is InChI=1S/C11H14F2O/c1-3-10(13)11(2,14)8-4-6-9(12)7-5-8/h4-7,10,14H,3H2,1-2H3. The zero-order chi connectivity index (χ0) is 10.8. The van der Waals surface area contributed by atoms with Gasteiger partial charge in [0.25, 0.3) is 0 Å². The van der Waals surface area contributed by atoms with Crippen molar-refractivity contribution in [2.75, 3.05) is 0 Å². The maximum absolute atomic E-state index is 13.4. The summed E-state index contributed by atoms with van der Waals surface area (Å²) in [6, 6.07) is 5.23. The van der Waals surface area contributed by atoms with E-state index in [1.54, 1.807) is 6.92 Å². The highest BCUT2D eigenvalue weighted by atomic mass is 19.1. The number of aliphatic hydroxyl groups is 1. The Morgan fingerprint density at radius 3 is 2.29 bits per heavy atom. The molecule has 0 aliphatic heterocycles. The molecule has 0 saturated carbocycles. The topological polar surface area (TPSA) is 20.2 Å². The predicted octanol–water partition coefficient (Wildman–Crippen LogP) is 2.78. The van der Waals surface area contributed by atoms with Gasteiger partial charge in [0.2, 0.25) is 0 Å². The van der Waals surface area contributed by atoms with Crippen LogP contribution in [0.25, 0.3) is 0 Å². The lowest BCUT2D eigenvalue weighted by molar-refractivity contribution is -0.0258. The Bertz CT molecular complexity index is 293. The van der Waals surface area contributed by atoms with Crippen LogP contribution in [0, 0.1) is 5.82 Å². The van der Waals surface area contributed by atoms with E-state index in [9.17, 15) is 13.9 Å². The molecule has 0 aliphatic carbocycles. The monoisotopic (exact) mass is 200 g/mol. The first-order valence-corrected chi connectivity index (χ1v) is 4.61. The van der Waals surface area contributed by atoms with Gasteiger partial charge in [-0.2, -0.15) is 0 Å². The van der Waals surface area contributed by atoms with E-state index in [4.69, 9.17) is 0 Å². The number of hydrogen-bond donors (Lipinski definition) is 1. The maximum atomic E-state index is 13.4. The van der Waals surface area contributed by atoms with Gasteiger partial charge in [-0.15, -0.1) is 0 Å². The molecule has 0 fully saturated rings. The Hall–Kier alpha value is -0.960. The first-order valence-electron chi connectivity index (χ1n) is 4.61. The highest BCUT2D eigenvalue weighted by Crippen LogP contribution is 2.28. The SMILES string of the molecule is CCC(F)C(C)(O)c1ccc(F)cc1. The van der Waals surface area contributed by atoms with Crippen molar-refractivity contribution in [3.63, 3.8) is 0 Å². The summed E-state index contributed by atoms with van der Waals surface area (Å²) in [4.78, 5) is 0. The third kappa shape index (κ3) is 2.10. The number of benzene rings is 1. The molecule has 2 atom stereocenters. The minimum atomic E-state index is -1.54. The first kappa shape index (κ1) is 11.1. The van der Waals surface area contributed by atoms with Crippen LogP contribution in [0.1, 0.15) is 25.8 Å². The summed E-state index contributed by atoms with van der Waals surface area (Å²) in [7, 11) is 0. The Balaban J connectivity index is 2.97. The van der Waals surface area contributed by atoms with Crippen LogP contribution in [0.5, 0.6) is 0 Å². The average molecular weight is 200 g/mol. The molecule has 0 amide bonds. The zero-order valence-corrected chi connectivity index (χ0v) is 8.30. The lowest BCUT2D eigenvalue weighted by Crippen LogP contribution is -2.32. The third-order valence-corrected chi connectivity index (χ3v) is 2.40. The maximum Gasteiger partial charge on any atom is 0.132 e. The van der Waals surface area contributed by atoms with Crippen molar-refractivity contribution in [3.05, 3.63) is 35.6 Å². The number of rotatable bonds is 3. The van der Waals surface area contributed by atoms with Crippen LogP contribution in [0.3, 0.4) is 0 Å². The van der Waals surface area contributed by atoms with Crippen LogP contribution in [0.4, 0.5) is 8.78 Å². The number of halogens is 2. The van der Waals surface area contributed by atoms with Gasteiger partial charge in [-0.1, -0.05) is 19.1 Å². The van der Waals surface area contributed by atoms with Gasteiger partial charge in [0.1, 0.15) is 17.6 Å². The molecule has 1 rings (SSSR count). The lowest BCUT2D eigenvalue weighted by Gasteiger charge is -2.27. The summed E-state index contributed by atoms with van der Waals surface area (Å²) >= 11 is 0. The molecule has 0 saturated heterocycles. The minimum absolute atomic E-state index is 0.227. The third-order valence-electron chi connectivity index (χ3n) is 2.40. The molecule has 0 aromatic heterocycles. The largest absolute Gasteiger partial charge is 0.382 e.